The molecule has 0 aliphatic heterocycles. The van der Waals surface area contributed by atoms with E-state index < -0.39 is 12.1 Å². The highest BCUT2D eigenvalue weighted by Crippen LogP contribution is 2.16. The average Bonchev–Trinajstić information content (AvgIpc) is 3.16. The number of rotatable bonds is 43. The van der Waals surface area contributed by atoms with Crippen LogP contribution in [0.25, 0.3) is 0 Å². The molecule has 0 aliphatic rings. The van der Waals surface area contributed by atoms with Crippen LogP contribution in [0.2, 0.25) is 0 Å². The van der Waals surface area contributed by atoms with Crippen molar-refractivity contribution in [2.75, 3.05) is 13.2 Å². The maximum absolute atomic E-state index is 12.4. The van der Waals surface area contributed by atoms with Crippen molar-refractivity contribution >= 4 is 11.9 Å². The van der Waals surface area contributed by atoms with Crippen molar-refractivity contribution in [2.45, 2.75) is 264 Å². The molecule has 0 aromatic rings. The third kappa shape index (κ3) is 40.1. The number of nitrogens with one attached hydrogen (secondary N) is 1. The van der Waals surface area contributed by atoms with Gasteiger partial charge in [0.1, 0.15) is 0 Å². The summed E-state index contributed by atoms with van der Waals surface area (Å²) in [6, 6.07) is -0.547. The Labute approximate surface area is 329 Å². The Morgan fingerprint density at radius 3 is 1.40 bits per heavy atom. The van der Waals surface area contributed by atoms with Crippen molar-refractivity contribution in [3.8, 4) is 0 Å². The Hall–Kier alpha value is -1.40. The Morgan fingerprint density at radius 1 is 0.509 bits per heavy atom. The van der Waals surface area contributed by atoms with Crippen LogP contribution < -0.4 is 5.32 Å². The van der Waals surface area contributed by atoms with Crippen molar-refractivity contribution in [2.24, 2.45) is 0 Å². The lowest BCUT2D eigenvalue weighted by Gasteiger charge is -2.22. The summed E-state index contributed by atoms with van der Waals surface area (Å²) in [5.74, 6) is -0.0608. The van der Waals surface area contributed by atoms with Crippen LogP contribution in [0.5, 0.6) is 0 Å². The molecule has 0 saturated heterocycles. The summed E-state index contributed by atoms with van der Waals surface area (Å²) in [6.45, 7) is 4.87. The fourth-order valence-corrected chi connectivity index (χ4v) is 7.15. The average molecular weight is 750 g/mol. The number of aliphatic hydroxyl groups excluding tert-OH is 2. The van der Waals surface area contributed by atoms with Crippen molar-refractivity contribution in [3.63, 3.8) is 0 Å². The summed E-state index contributed by atoms with van der Waals surface area (Å²) in [6.07, 6.45) is 47.4. The van der Waals surface area contributed by atoms with E-state index in [4.69, 9.17) is 4.74 Å². The molecule has 53 heavy (non-hydrogen) atoms. The molecule has 0 heterocycles. The predicted octanol–water partition coefficient (Wildman–Crippen LogP) is 13.4. The van der Waals surface area contributed by atoms with Crippen LogP contribution in [0.1, 0.15) is 251 Å². The van der Waals surface area contributed by atoms with Gasteiger partial charge in [0.2, 0.25) is 5.91 Å². The maximum atomic E-state index is 12.4. The zero-order valence-corrected chi connectivity index (χ0v) is 35.5. The number of amides is 1. The summed E-state index contributed by atoms with van der Waals surface area (Å²) in [4.78, 5) is 24.3. The van der Waals surface area contributed by atoms with Crippen molar-refractivity contribution in [3.05, 3.63) is 12.2 Å². The highest BCUT2D eigenvalue weighted by Gasteiger charge is 2.20. The van der Waals surface area contributed by atoms with Crippen LogP contribution in [0.4, 0.5) is 0 Å². The molecule has 3 N–H and O–H groups in total. The largest absolute Gasteiger partial charge is 0.466 e. The van der Waals surface area contributed by atoms with Gasteiger partial charge in [-0.1, -0.05) is 206 Å². The summed E-state index contributed by atoms with van der Waals surface area (Å²) < 4.78 is 5.43. The molecule has 0 bridgehead atoms. The van der Waals surface area contributed by atoms with E-state index in [9.17, 15) is 19.8 Å². The second-order valence-corrected chi connectivity index (χ2v) is 16.1. The topological polar surface area (TPSA) is 95.9 Å². The van der Waals surface area contributed by atoms with Gasteiger partial charge in [0.15, 0.2) is 0 Å². The Kier molecular flexibility index (Phi) is 42.2. The second-order valence-electron chi connectivity index (χ2n) is 16.1. The van der Waals surface area contributed by atoms with Gasteiger partial charge in [-0.15, -0.1) is 0 Å². The Morgan fingerprint density at radius 2 is 0.906 bits per heavy atom. The van der Waals surface area contributed by atoms with Gasteiger partial charge < -0.3 is 20.3 Å². The van der Waals surface area contributed by atoms with Crippen LogP contribution in [-0.2, 0) is 14.3 Å². The van der Waals surface area contributed by atoms with Crippen LogP contribution in [0, 0.1) is 0 Å². The Balaban J connectivity index is 3.44. The maximum Gasteiger partial charge on any atom is 0.305 e. The van der Waals surface area contributed by atoms with Gasteiger partial charge in [-0.2, -0.15) is 0 Å². The number of unbranched alkanes of at least 4 members (excludes halogenated alkanes) is 30. The third-order valence-corrected chi connectivity index (χ3v) is 10.8. The molecule has 314 valence electrons. The molecule has 0 spiro atoms. The first kappa shape index (κ1) is 51.6. The molecule has 0 fully saturated rings. The summed E-state index contributed by atoms with van der Waals surface area (Å²) in [5, 5.41) is 23.1. The first-order valence-electron chi connectivity index (χ1n) is 23.4. The van der Waals surface area contributed by atoms with Crippen LogP contribution in [-0.4, -0.2) is 47.4 Å². The van der Waals surface area contributed by atoms with E-state index in [1.165, 1.54) is 167 Å². The molecule has 0 radical (unpaired) electrons. The lowest BCUT2D eigenvalue weighted by molar-refractivity contribution is -0.143. The normalized spacial score (nSPS) is 12.8. The zero-order valence-electron chi connectivity index (χ0n) is 35.5. The van der Waals surface area contributed by atoms with Gasteiger partial charge in [0.05, 0.1) is 25.4 Å². The smallest absolute Gasteiger partial charge is 0.305 e. The summed E-state index contributed by atoms with van der Waals surface area (Å²) in [7, 11) is 0. The fraction of sp³-hybridized carbons (Fsp3) is 0.915. The lowest BCUT2D eigenvalue weighted by Crippen LogP contribution is -2.45. The lowest BCUT2D eigenvalue weighted by atomic mass is 10.0. The number of allylic oxidation sites excluding steroid dienone is 2. The first-order valence-corrected chi connectivity index (χ1v) is 23.4. The van der Waals surface area contributed by atoms with Crippen LogP contribution in [0.15, 0.2) is 12.2 Å². The van der Waals surface area contributed by atoms with Crippen molar-refractivity contribution < 1.29 is 24.5 Å². The molecular formula is C47H91NO5. The van der Waals surface area contributed by atoms with Gasteiger partial charge in [0.25, 0.3) is 0 Å². The fourth-order valence-electron chi connectivity index (χ4n) is 7.15. The molecule has 6 heteroatoms. The number of hydrogen-bond acceptors (Lipinski definition) is 5. The number of ether oxygens (including phenoxy) is 1. The van der Waals surface area contributed by atoms with Gasteiger partial charge in [-0.3, -0.25) is 9.59 Å². The van der Waals surface area contributed by atoms with E-state index >= 15 is 0 Å². The first-order chi connectivity index (χ1) is 26.0. The highest BCUT2D eigenvalue weighted by atomic mass is 16.5. The number of carbonyl (C=O) groups is 2. The van der Waals surface area contributed by atoms with Gasteiger partial charge in [-0.25, -0.2) is 0 Å². The van der Waals surface area contributed by atoms with Crippen molar-refractivity contribution in [1.29, 1.82) is 0 Å². The molecule has 0 aromatic carbocycles. The minimum Gasteiger partial charge on any atom is -0.466 e. The summed E-state index contributed by atoms with van der Waals surface area (Å²) >= 11 is 0. The Bertz CT molecular complexity index is 787. The van der Waals surface area contributed by atoms with E-state index in [2.05, 4.69) is 31.3 Å². The standard InChI is InChI=1S/C47H91NO5/c1-3-5-7-9-11-13-19-23-27-31-35-39-45(50)44(43-49)48-46(51)40-36-32-28-24-21-17-15-16-18-22-26-30-34-38-42-53-47(52)41-37-33-29-25-20-14-12-10-8-6-4-2/h10,12,44-45,49-50H,3-9,11,13-43H2,1-2H3,(H,48,51)/b12-10-. The summed E-state index contributed by atoms with van der Waals surface area (Å²) in [5.41, 5.74) is 0. The third-order valence-electron chi connectivity index (χ3n) is 10.8. The SMILES string of the molecule is CCCC/C=C\CCCCCCCC(=O)OCCCCCCCCCCCCCCCCC(=O)NC(CO)C(O)CCCCCCCCCCCCC. The molecule has 0 aromatic heterocycles. The highest BCUT2D eigenvalue weighted by molar-refractivity contribution is 5.76. The number of carbonyl (C=O) groups excluding carboxylic acids is 2. The minimum atomic E-state index is -0.668. The van der Waals surface area contributed by atoms with Crippen LogP contribution in [0.3, 0.4) is 0 Å². The van der Waals surface area contributed by atoms with Gasteiger partial charge in [0, 0.05) is 12.8 Å². The van der Waals surface area contributed by atoms with E-state index in [0.717, 1.165) is 51.4 Å². The van der Waals surface area contributed by atoms with E-state index in [1.54, 1.807) is 0 Å². The van der Waals surface area contributed by atoms with Crippen LogP contribution >= 0.6 is 0 Å². The molecule has 2 atom stereocenters. The molecule has 0 saturated carbocycles. The van der Waals surface area contributed by atoms with Gasteiger partial charge >= 0.3 is 5.97 Å². The molecule has 0 aliphatic carbocycles. The van der Waals surface area contributed by atoms with E-state index in [-0.39, 0.29) is 18.5 Å². The number of aliphatic hydroxyl groups is 2. The van der Waals surface area contributed by atoms with E-state index in [0.29, 0.717) is 25.9 Å². The van der Waals surface area contributed by atoms with Crippen molar-refractivity contribution in [1.82, 2.24) is 5.32 Å². The quantitative estimate of drug-likeness (QED) is 0.0328. The monoisotopic (exact) mass is 750 g/mol. The number of esters is 1. The minimum absolute atomic E-state index is 0.0136. The predicted molar refractivity (Wildman–Crippen MR) is 227 cm³/mol. The number of hydrogen-bond donors (Lipinski definition) is 3. The molecule has 2 unspecified atom stereocenters. The molecular weight excluding hydrogens is 659 g/mol. The van der Waals surface area contributed by atoms with E-state index in [1.807, 2.05) is 0 Å². The zero-order chi connectivity index (χ0) is 38.7. The van der Waals surface area contributed by atoms with Gasteiger partial charge in [-0.05, 0) is 44.9 Å². The molecule has 1 amide bonds. The second kappa shape index (κ2) is 43.3. The molecule has 6 nitrogen and oxygen atoms in total. The molecule has 0 rings (SSSR count).